The number of likely N-dealkylation sites (N-methyl/N-ethyl adjacent to an activating group) is 1. The average Bonchev–Trinajstić information content (AvgIpc) is 2.53. The van der Waals surface area contributed by atoms with E-state index in [-0.39, 0.29) is 11.9 Å². The number of amides is 1. The first kappa shape index (κ1) is 14.3. The molecule has 0 bridgehead atoms. The second-order valence-corrected chi connectivity index (χ2v) is 4.76. The molecule has 20 heavy (non-hydrogen) atoms. The summed E-state index contributed by atoms with van der Waals surface area (Å²) in [6.45, 7) is 2.39. The van der Waals surface area contributed by atoms with E-state index < -0.39 is 0 Å². The summed E-state index contributed by atoms with van der Waals surface area (Å²) in [4.78, 5) is 11.2. The second kappa shape index (κ2) is 6.87. The van der Waals surface area contributed by atoms with Crippen LogP contribution >= 0.6 is 0 Å². The fourth-order valence-electron chi connectivity index (χ4n) is 2.05. The molecule has 0 saturated heterocycles. The van der Waals surface area contributed by atoms with Crippen LogP contribution in [0.25, 0.3) is 11.1 Å². The Morgan fingerprint density at radius 1 is 1.00 bits per heavy atom. The summed E-state index contributed by atoms with van der Waals surface area (Å²) in [6.07, 6.45) is 0. The third-order valence-electron chi connectivity index (χ3n) is 3.37. The molecule has 0 spiro atoms. The zero-order valence-corrected chi connectivity index (χ0v) is 11.9. The van der Waals surface area contributed by atoms with Gasteiger partial charge >= 0.3 is 0 Å². The van der Waals surface area contributed by atoms with Crippen molar-refractivity contribution in [1.82, 2.24) is 10.6 Å². The topological polar surface area (TPSA) is 41.1 Å². The maximum Gasteiger partial charge on any atom is 0.233 e. The van der Waals surface area contributed by atoms with Gasteiger partial charge in [-0.15, -0.1) is 0 Å². The smallest absolute Gasteiger partial charge is 0.233 e. The van der Waals surface area contributed by atoms with Crippen LogP contribution in [0.4, 0.5) is 0 Å². The lowest BCUT2D eigenvalue weighted by molar-refractivity contribution is -0.119. The van der Waals surface area contributed by atoms with E-state index >= 15 is 0 Å². The number of hydrogen-bond donors (Lipinski definition) is 2. The summed E-state index contributed by atoms with van der Waals surface area (Å²) < 4.78 is 0. The van der Waals surface area contributed by atoms with E-state index in [1.54, 1.807) is 7.05 Å². The molecule has 0 radical (unpaired) electrons. The molecule has 1 amide bonds. The molecule has 0 aliphatic carbocycles. The van der Waals surface area contributed by atoms with Gasteiger partial charge in [0, 0.05) is 13.1 Å². The summed E-state index contributed by atoms with van der Waals surface area (Å²) >= 11 is 0. The van der Waals surface area contributed by atoms with Crippen molar-refractivity contribution in [3.8, 4) is 11.1 Å². The van der Waals surface area contributed by atoms with Crippen LogP contribution in [0.2, 0.25) is 0 Å². The molecule has 3 nitrogen and oxygen atoms in total. The van der Waals surface area contributed by atoms with E-state index in [4.69, 9.17) is 0 Å². The van der Waals surface area contributed by atoms with Crippen LogP contribution in [0.15, 0.2) is 54.6 Å². The lowest BCUT2D eigenvalue weighted by Crippen LogP contribution is -2.32. The second-order valence-electron chi connectivity index (χ2n) is 4.76. The minimum absolute atomic E-state index is 0.00208. The summed E-state index contributed by atoms with van der Waals surface area (Å²) in [5.74, 6) is -0.00208. The van der Waals surface area contributed by atoms with Crippen LogP contribution in [0.5, 0.6) is 0 Å². The van der Waals surface area contributed by atoms with Crippen LogP contribution in [0.1, 0.15) is 18.5 Å². The molecule has 2 N–H and O–H groups in total. The van der Waals surface area contributed by atoms with Crippen molar-refractivity contribution in [3.63, 3.8) is 0 Å². The molecule has 1 atom stereocenters. The summed E-state index contributed by atoms with van der Waals surface area (Å²) in [5, 5.41) is 5.80. The Morgan fingerprint density at radius 3 is 2.20 bits per heavy atom. The van der Waals surface area contributed by atoms with Crippen molar-refractivity contribution >= 4 is 5.91 Å². The van der Waals surface area contributed by atoms with Gasteiger partial charge in [-0.25, -0.2) is 0 Å². The number of rotatable bonds is 5. The van der Waals surface area contributed by atoms with Gasteiger partial charge in [0.2, 0.25) is 5.91 Å². The van der Waals surface area contributed by atoms with E-state index in [2.05, 4.69) is 54.0 Å². The molecular weight excluding hydrogens is 248 g/mol. The largest absolute Gasteiger partial charge is 0.358 e. The Morgan fingerprint density at radius 2 is 1.60 bits per heavy atom. The van der Waals surface area contributed by atoms with Gasteiger partial charge in [0.15, 0.2) is 0 Å². The first-order valence-corrected chi connectivity index (χ1v) is 6.80. The Bertz CT molecular complexity index is 549. The van der Waals surface area contributed by atoms with Gasteiger partial charge in [-0.05, 0) is 23.6 Å². The number of carbonyl (C=O) groups excluding carboxylic acids is 1. The Hall–Kier alpha value is -2.13. The van der Waals surface area contributed by atoms with Gasteiger partial charge in [-0.1, -0.05) is 54.6 Å². The lowest BCUT2D eigenvalue weighted by atomic mass is 10.0. The normalized spacial score (nSPS) is 11.9. The van der Waals surface area contributed by atoms with E-state index in [0.717, 1.165) is 0 Å². The SMILES string of the molecule is CNC(=O)CNC(C)c1ccc(-c2ccccc2)cc1. The Kier molecular flexibility index (Phi) is 4.91. The van der Waals surface area contributed by atoms with Crippen LogP contribution in [0.3, 0.4) is 0 Å². The molecule has 104 valence electrons. The van der Waals surface area contributed by atoms with Crippen LogP contribution < -0.4 is 10.6 Å². The number of carbonyl (C=O) groups is 1. The molecule has 1 unspecified atom stereocenters. The molecule has 2 aromatic carbocycles. The quantitative estimate of drug-likeness (QED) is 0.875. The third-order valence-corrected chi connectivity index (χ3v) is 3.37. The minimum atomic E-state index is -0.00208. The van der Waals surface area contributed by atoms with Crippen LogP contribution in [-0.2, 0) is 4.79 Å². The maximum atomic E-state index is 11.2. The van der Waals surface area contributed by atoms with Crippen molar-refractivity contribution in [2.24, 2.45) is 0 Å². The first-order valence-electron chi connectivity index (χ1n) is 6.80. The molecule has 2 rings (SSSR count). The van der Waals surface area contributed by atoms with Crippen molar-refractivity contribution in [2.75, 3.05) is 13.6 Å². The van der Waals surface area contributed by atoms with Crippen molar-refractivity contribution < 1.29 is 4.79 Å². The molecule has 0 aliphatic heterocycles. The highest BCUT2D eigenvalue weighted by atomic mass is 16.1. The fraction of sp³-hybridized carbons (Fsp3) is 0.235. The van der Waals surface area contributed by atoms with Gasteiger partial charge in [0.05, 0.1) is 6.54 Å². The number of hydrogen-bond acceptors (Lipinski definition) is 2. The molecule has 0 aliphatic rings. The van der Waals surface area contributed by atoms with Gasteiger partial charge in [-0.2, -0.15) is 0 Å². The zero-order valence-electron chi connectivity index (χ0n) is 11.9. The molecule has 3 heteroatoms. The summed E-state index contributed by atoms with van der Waals surface area (Å²) in [7, 11) is 1.64. The van der Waals surface area contributed by atoms with E-state index in [1.165, 1.54) is 16.7 Å². The van der Waals surface area contributed by atoms with Crippen molar-refractivity contribution in [3.05, 3.63) is 60.2 Å². The predicted octanol–water partition coefficient (Wildman–Crippen LogP) is 2.75. The Labute approximate surface area is 120 Å². The van der Waals surface area contributed by atoms with E-state index in [9.17, 15) is 4.79 Å². The van der Waals surface area contributed by atoms with Gasteiger partial charge < -0.3 is 10.6 Å². The highest BCUT2D eigenvalue weighted by molar-refractivity contribution is 5.77. The highest BCUT2D eigenvalue weighted by Crippen LogP contribution is 2.21. The molecule has 0 heterocycles. The zero-order chi connectivity index (χ0) is 14.4. The molecule has 0 aromatic heterocycles. The number of benzene rings is 2. The van der Waals surface area contributed by atoms with Gasteiger partial charge in [0.25, 0.3) is 0 Å². The van der Waals surface area contributed by atoms with Crippen molar-refractivity contribution in [1.29, 1.82) is 0 Å². The minimum Gasteiger partial charge on any atom is -0.358 e. The lowest BCUT2D eigenvalue weighted by Gasteiger charge is -2.14. The maximum absolute atomic E-state index is 11.2. The summed E-state index contributed by atoms with van der Waals surface area (Å²) in [5.41, 5.74) is 3.59. The van der Waals surface area contributed by atoms with Crippen LogP contribution in [-0.4, -0.2) is 19.5 Å². The monoisotopic (exact) mass is 268 g/mol. The average molecular weight is 268 g/mol. The summed E-state index contributed by atoms with van der Waals surface area (Å²) in [6, 6.07) is 18.9. The van der Waals surface area contributed by atoms with Crippen molar-refractivity contribution in [2.45, 2.75) is 13.0 Å². The van der Waals surface area contributed by atoms with E-state index in [0.29, 0.717) is 6.54 Å². The predicted molar refractivity (Wildman–Crippen MR) is 82.4 cm³/mol. The highest BCUT2D eigenvalue weighted by Gasteiger charge is 2.07. The third kappa shape index (κ3) is 3.68. The Balaban J connectivity index is 2.03. The molecule has 0 saturated carbocycles. The van der Waals surface area contributed by atoms with E-state index in [1.807, 2.05) is 18.2 Å². The molecular formula is C17H20N2O. The molecule has 2 aromatic rings. The molecule has 0 fully saturated rings. The standard InChI is InChI=1S/C17H20N2O/c1-13(19-12-17(20)18-2)14-8-10-16(11-9-14)15-6-4-3-5-7-15/h3-11,13,19H,12H2,1-2H3,(H,18,20). The fourth-order valence-corrected chi connectivity index (χ4v) is 2.05. The van der Waals surface area contributed by atoms with Gasteiger partial charge in [0.1, 0.15) is 0 Å². The first-order chi connectivity index (χ1) is 9.70. The van der Waals surface area contributed by atoms with Gasteiger partial charge in [-0.3, -0.25) is 4.79 Å². The number of nitrogens with one attached hydrogen (secondary N) is 2. The van der Waals surface area contributed by atoms with Crippen LogP contribution in [0, 0.1) is 0 Å².